The average molecular weight is 310 g/mol. The van der Waals surface area contributed by atoms with Crippen molar-refractivity contribution < 1.29 is 0 Å². The fourth-order valence-corrected chi connectivity index (χ4v) is 1.70. The highest BCUT2D eigenvalue weighted by Gasteiger charge is 2.04. The molecular formula is C11H6BrClN4. The van der Waals surface area contributed by atoms with Crippen molar-refractivity contribution in [2.45, 2.75) is 0 Å². The molecule has 0 atom stereocenters. The highest BCUT2D eigenvalue weighted by Crippen LogP contribution is 2.23. The van der Waals surface area contributed by atoms with E-state index in [1.165, 1.54) is 0 Å². The molecule has 6 heteroatoms. The second kappa shape index (κ2) is 5.13. The van der Waals surface area contributed by atoms with Crippen LogP contribution in [0.4, 0.5) is 11.5 Å². The smallest absolute Gasteiger partial charge is 0.153 e. The molecule has 0 aliphatic rings. The summed E-state index contributed by atoms with van der Waals surface area (Å²) in [6.45, 7) is 0. The summed E-state index contributed by atoms with van der Waals surface area (Å²) in [5.74, 6) is 0.531. The third-order valence-electron chi connectivity index (χ3n) is 2.00. The van der Waals surface area contributed by atoms with E-state index in [4.69, 9.17) is 16.9 Å². The summed E-state index contributed by atoms with van der Waals surface area (Å²) < 4.78 is 0.876. The molecule has 1 N–H and O–H groups in total. The van der Waals surface area contributed by atoms with E-state index in [9.17, 15) is 0 Å². The first kappa shape index (κ1) is 11.8. The van der Waals surface area contributed by atoms with Crippen molar-refractivity contribution in [1.29, 1.82) is 5.26 Å². The highest BCUT2D eigenvalue weighted by molar-refractivity contribution is 9.10. The normalized spacial score (nSPS) is 9.71. The van der Waals surface area contributed by atoms with E-state index in [1.54, 1.807) is 30.3 Å². The number of rotatable bonds is 2. The van der Waals surface area contributed by atoms with Crippen LogP contribution >= 0.6 is 27.5 Å². The molecule has 2 aromatic rings. The monoisotopic (exact) mass is 308 g/mol. The maximum Gasteiger partial charge on any atom is 0.153 e. The molecule has 0 aliphatic carbocycles. The molecule has 0 aliphatic heterocycles. The Morgan fingerprint density at radius 1 is 1.24 bits per heavy atom. The Morgan fingerprint density at radius 3 is 2.71 bits per heavy atom. The number of nitriles is 1. The minimum Gasteiger partial charge on any atom is -0.338 e. The van der Waals surface area contributed by atoms with Crippen LogP contribution in [0.3, 0.4) is 0 Å². The van der Waals surface area contributed by atoms with Gasteiger partial charge in [-0.1, -0.05) is 27.5 Å². The van der Waals surface area contributed by atoms with Crippen LogP contribution in [0.5, 0.6) is 0 Å². The van der Waals surface area contributed by atoms with E-state index in [1.807, 2.05) is 0 Å². The van der Waals surface area contributed by atoms with Gasteiger partial charge in [0, 0.05) is 4.47 Å². The maximum atomic E-state index is 8.97. The van der Waals surface area contributed by atoms with Gasteiger partial charge in [0.15, 0.2) is 11.0 Å². The number of halogens is 2. The van der Waals surface area contributed by atoms with Gasteiger partial charge in [0.2, 0.25) is 0 Å². The van der Waals surface area contributed by atoms with Gasteiger partial charge in [0.1, 0.15) is 6.07 Å². The molecule has 0 radical (unpaired) electrons. The summed E-state index contributed by atoms with van der Waals surface area (Å²) in [7, 11) is 0. The molecule has 0 saturated carbocycles. The van der Waals surface area contributed by atoms with E-state index < -0.39 is 0 Å². The fourth-order valence-electron chi connectivity index (χ4n) is 1.24. The van der Waals surface area contributed by atoms with Crippen LogP contribution in [0, 0.1) is 11.3 Å². The lowest BCUT2D eigenvalue weighted by atomic mass is 10.2. The molecule has 4 nitrogen and oxygen atoms in total. The fraction of sp³-hybridized carbons (Fsp3) is 0. The Balaban J connectivity index is 2.32. The van der Waals surface area contributed by atoms with Crippen LogP contribution in [0.25, 0.3) is 0 Å². The van der Waals surface area contributed by atoms with E-state index in [-0.39, 0.29) is 0 Å². The quantitative estimate of drug-likeness (QED) is 0.922. The Kier molecular flexibility index (Phi) is 3.57. The Hall–Kier alpha value is -1.64. The lowest BCUT2D eigenvalue weighted by Crippen LogP contribution is -1.97. The van der Waals surface area contributed by atoms with Crippen molar-refractivity contribution in [2.24, 2.45) is 0 Å². The molecule has 0 amide bonds. The largest absolute Gasteiger partial charge is 0.338 e. The van der Waals surface area contributed by atoms with Crippen LogP contribution in [-0.4, -0.2) is 10.2 Å². The van der Waals surface area contributed by atoms with Gasteiger partial charge in [-0.2, -0.15) is 5.26 Å². The van der Waals surface area contributed by atoms with E-state index in [0.29, 0.717) is 22.2 Å². The number of nitrogens with one attached hydrogen (secondary N) is 1. The molecule has 2 rings (SSSR count). The summed E-state index contributed by atoms with van der Waals surface area (Å²) in [5.41, 5.74) is 1.20. The van der Waals surface area contributed by atoms with Crippen molar-refractivity contribution in [3.63, 3.8) is 0 Å². The maximum absolute atomic E-state index is 8.97. The number of nitrogens with zero attached hydrogens (tertiary/aromatic N) is 3. The van der Waals surface area contributed by atoms with Gasteiger partial charge in [-0.05, 0) is 30.3 Å². The minimum atomic E-state index is 0.324. The summed E-state index contributed by atoms with van der Waals surface area (Å²) in [6, 6.07) is 10.7. The zero-order valence-electron chi connectivity index (χ0n) is 8.48. The van der Waals surface area contributed by atoms with Crippen LogP contribution in [-0.2, 0) is 0 Å². The molecular weight excluding hydrogens is 304 g/mol. The van der Waals surface area contributed by atoms with Crippen LogP contribution in [0.1, 0.15) is 5.56 Å². The summed E-state index contributed by atoms with van der Waals surface area (Å²) in [5, 5.41) is 19.9. The summed E-state index contributed by atoms with van der Waals surface area (Å²) in [4.78, 5) is 0. The zero-order chi connectivity index (χ0) is 12.3. The van der Waals surface area contributed by atoms with Crippen molar-refractivity contribution in [2.75, 3.05) is 5.32 Å². The van der Waals surface area contributed by atoms with Crippen molar-refractivity contribution in [3.05, 3.63) is 45.5 Å². The number of hydrogen-bond donors (Lipinski definition) is 1. The first-order valence-corrected chi connectivity index (χ1v) is 5.82. The Labute approximate surface area is 111 Å². The third-order valence-corrected chi connectivity index (χ3v) is 2.69. The predicted molar refractivity (Wildman–Crippen MR) is 69.2 cm³/mol. The second-order valence-corrected chi connectivity index (χ2v) is 4.47. The molecule has 1 aromatic carbocycles. The number of anilines is 2. The van der Waals surface area contributed by atoms with Gasteiger partial charge >= 0.3 is 0 Å². The van der Waals surface area contributed by atoms with Crippen LogP contribution < -0.4 is 5.32 Å². The van der Waals surface area contributed by atoms with Gasteiger partial charge < -0.3 is 5.32 Å². The molecule has 0 saturated heterocycles. The molecule has 0 unspecified atom stereocenters. The molecule has 0 spiro atoms. The van der Waals surface area contributed by atoms with Crippen molar-refractivity contribution in [3.8, 4) is 6.07 Å². The first-order chi connectivity index (χ1) is 8.19. The minimum absolute atomic E-state index is 0.324. The lowest BCUT2D eigenvalue weighted by molar-refractivity contribution is 1.04. The lowest BCUT2D eigenvalue weighted by Gasteiger charge is -2.07. The molecule has 0 bridgehead atoms. The standard InChI is InChI=1S/C11H6BrClN4/c12-8-2-1-7(6-14)9(5-8)15-11-4-3-10(13)16-17-11/h1-5H,(H,15,17). The van der Waals surface area contributed by atoms with Gasteiger partial charge in [0.05, 0.1) is 11.3 Å². The van der Waals surface area contributed by atoms with Gasteiger partial charge in [-0.25, -0.2) is 0 Å². The first-order valence-electron chi connectivity index (χ1n) is 4.65. The SMILES string of the molecule is N#Cc1ccc(Br)cc1Nc1ccc(Cl)nn1. The van der Waals surface area contributed by atoms with Gasteiger partial charge in [-0.15, -0.1) is 10.2 Å². The number of hydrogen-bond acceptors (Lipinski definition) is 4. The molecule has 84 valence electrons. The van der Waals surface area contributed by atoms with E-state index in [2.05, 4.69) is 37.5 Å². The summed E-state index contributed by atoms with van der Waals surface area (Å²) >= 11 is 8.98. The van der Waals surface area contributed by atoms with E-state index >= 15 is 0 Å². The molecule has 0 fully saturated rings. The van der Waals surface area contributed by atoms with Crippen molar-refractivity contribution in [1.82, 2.24) is 10.2 Å². The molecule has 1 aromatic heterocycles. The van der Waals surface area contributed by atoms with Crippen LogP contribution in [0.2, 0.25) is 5.15 Å². The predicted octanol–water partition coefficient (Wildman–Crippen LogP) is 3.51. The second-order valence-electron chi connectivity index (χ2n) is 3.17. The Morgan fingerprint density at radius 2 is 2.06 bits per heavy atom. The summed E-state index contributed by atoms with van der Waals surface area (Å²) in [6.07, 6.45) is 0. The number of aromatic nitrogens is 2. The zero-order valence-corrected chi connectivity index (χ0v) is 10.8. The molecule has 17 heavy (non-hydrogen) atoms. The highest BCUT2D eigenvalue weighted by atomic mass is 79.9. The molecule has 1 heterocycles. The topological polar surface area (TPSA) is 61.6 Å². The Bertz CT molecular complexity index is 577. The van der Waals surface area contributed by atoms with Gasteiger partial charge in [0.25, 0.3) is 0 Å². The van der Waals surface area contributed by atoms with E-state index in [0.717, 1.165) is 4.47 Å². The van der Waals surface area contributed by atoms with Gasteiger partial charge in [-0.3, -0.25) is 0 Å². The number of benzene rings is 1. The van der Waals surface area contributed by atoms with Crippen LogP contribution in [0.15, 0.2) is 34.8 Å². The van der Waals surface area contributed by atoms with Crippen molar-refractivity contribution >= 4 is 39.0 Å². The third kappa shape index (κ3) is 2.93. The average Bonchev–Trinajstić information content (AvgIpc) is 2.32.